The number of nitrogens with zero attached hydrogens (tertiary/aromatic N) is 3. The fourth-order valence-electron chi connectivity index (χ4n) is 10.6. The summed E-state index contributed by atoms with van der Waals surface area (Å²) in [6.45, 7) is 0. The lowest BCUT2D eigenvalue weighted by atomic mass is 9.98. The lowest BCUT2D eigenvalue weighted by Crippen LogP contribution is -2.03. The Bertz CT molecular complexity index is 3700. The molecule has 10 aromatic carbocycles. The molecule has 0 atom stereocenters. The zero-order valence-electron chi connectivity index (χ0n) is 36.7. The summed E-state index contributed by atoms with van der Waals surface area (Å²) in [6.07, 6.45) is 0. The number of aromatic nitrogens is 3. The first-order valence-electron chi connectivity index (χ1n) is 23.0. The minimum absolute atomic E-state index is 1.08. The molecule has 67 heavy (non-hydrogen) atoms. The molecule has 314 valence electrons. The van der Waals surface area contributed by atoms with Crippen LogP contribution in [0.5, 0.6) is 0 Å². The quantitative estimate of drug-likeness (QED) is 0.145. The van der Waals surface area contributed by atoms with Gasteiger partial charge in [0.05, 0.1) is 33.5 Å². The number of hydrogen-bond donors (Lipinski definition) is 0. The Hall–Kier alpha value is -8.92. The van der Waals surface area contributed by atoms with E-state index < -0.39 is 0 Å². The van der Waals surface area contributed by atoms with Gasteiger partial charge < -0.3 is 13.7 Å². The summed E-state index contributed by atoms with van der Waals surface area (Å²) in [5.74, 6) is 0. The highest BCUT2D eigenvalue weighted by Crippen LogP contribution is 2.46. The molecule has 0 aliphatic carbocycles. The van der Waals surface area contributed by atoms with Crippen molar-refractivity contribution < 1.29 is 0 Å². The molecule has 13 aromatic rings. The van der Waals surface area contributed by atoms with Crippen LogP contribution in [0, 0.1) is 0 Å². The number of para-hydroxylation sites is 4. The van der Waals surface area contributed by atoms with Gasteiger partial charge in [-0.15, -0.1) is 0 Å². The van der Waals surface area contributed by atoms with Gasteiger partial charge in [0.25, 0.3) is 0 Å². The van der Waals surface area contributed by atoms with Gasteiger partial charge in [0.2, 0.25) is 0 Å². The second-order valence-corrected chi connectivity index (χ2v) is 17.3. The number of fused-ring (bicyclic) bond motifs is 5. The number of rotatable bonds is 8. The lowest BCUT2D eigenvalue weighted by molar-refractivity contribution is 1.09. The topological polar surface area (TPSA) is 14.8 Å². The molecular formula is C64H43N3. The van der Waals surface area contributed by atoms with Crippen molar-refractivity contribution in [2.24, 2.45) is 0 Å². The SMILES string of the molecule is c1ccc(-c2c(-c3ccccc3)n(-c3cc(-c4ccc(-n5c6ccccc6c6ccccc65)cc4)cc(-n4c(-c5ccccc5)c(-c5ccccc5)c5ccccc54)c3)c3ccccc23)cc1. The molecule has 0 unspecified atom stereocenters. The zero-order valence-corrected chi connectivity index (χ0v) is 36.7. The van der Waals surface area contributed by atoms with E-state index in [4.69, 9.17) is 0 Å². The molecule has 0 saturated heterocycles. The number of hydrogen-bond acceptors (Lipinski definition) is 0. The van der Waals surface area contributed by atoms with E-state index in [1.165, 1.54) is 54.8 Å². The van der Waals surface area contributed by atoms with E-state index in [1.807, 2.05) is 0 Å². The third-order valence-corrected chi connectivity index (χ3v) is 13.4. The Morgan fingerprint density at radius 3 is 0.925 bits per heavy atom. The molecule has 0 fully saturated rings. The van der Waals surface area contributed by atoms with Gasteiger partial charge in [-0.05, 0) is 88.0 Å². The third-order valence-electron chi connectivity index (χ3n) is 13.4. The first-order valence-corrected chi connectivity index (χ1v) is 23.0. The standard InChI is InChI=1S/C64H43N3/c1-5-21-45(22-6-1)61-55-31-15-19-35-59(55)66(63(61)47-25-9-3-10-26-47)51-41-49(44-37-39-50(40-38-44)65-57-33-17-13-29-53(57)54-30-14-18-34-58(54)65)42-52(43-51)67-60-36-20-16-32-56(60)62(46-23-7-2-8-24-46)64(67)48-27-11-4-12-28-48/h1-43H. The van der Waals surface area contributed by atoms with Crippen LogP contribution in [0.1, 0.15) is 0 Å². The largest absolute Gasteiger partial charge is 0.309 e. The van der Waals surface area contributed by atoms with Crippen molar-refractivity contribution in [2.75, 3.05) is 0 Å². The smallest absolute Gasteiger partial charge is 0.0619 e. The Balaban J connectivity index is 1.12. The zero-order chi connectivity index (χ0) is 44.3. The molecule has 3 heteroatoms. The maximum atomic E-state index is 2.50. The maximum absolute atomic E-state index is 2.50. The summed E-state index contributed by atoms with van der Waals surface area (Å²) >= 11 is 0. The van der Waals surface area contributed by atoms with Crippen LogP contribution in [0.3, 0.4) is 0 Å². The van der Waals surface area contributed by atoms with Gasteiger partial charge in [-0.1, -0.05) is 206 Å². The Labute approximate surface area is 389 Å². The van der Waals surface area contributed by atoms with Gasteiger partial charge in [0.1, 0.15) is 0 Å². The molecular weight excluding hydrogens is 811 g/mol. The van der Waals surface area contributed by atoms with Crippen LogP contribution in [-0.2, 0) is 0 Å². The molecule has 3 aromatic heterocycles. The van der Waals surface area contributed by atoms with Crippen LogP contribution < -0.4 is 0 Å². The summed E-state index contributed by atoms with van der Waals surface area (Å²) in [5.41, 5.74) is 19.7. The molecule has 13 rings (SSSR count). The van der Waals surface area contributed by atoms with E-state index in [1.54, 1.807) is 0 Å². The molecule has 0 N–H and O–H groups in total. The van der Waals surface area contributed by atoms with Crippen LogP contribution in [0.15, 0.2) is 261 Å². The van der Waals surface area contributed by atoms with Gasteiger partial charge in [0, 0.05) is 49.7 Å². The minimum atomic E-state index is 1.08. The summed E-state index contributed by atoms with van der Waals surface area (Å²) < 4.78 is 7.39. The van der Waals surface area contributed by atoms with E-state index in [9.17, 15) is 0 Å². The van der Waals surface area contributed by atoms with Crippen LogP contribution in [0.2, 0.25) is 0 Å². The maximum Gasteiger partial charge on any atom is 0.0619 e. The molecule has 0 bridgehead atoms. The fraction of sp³-hybridized carbons (Fsp3) is 0. The fourth-order valence-corrected chi connectivity index (χ4v) is 10.6. The van der Waals surface area contributed by atoms with Gasteiger partial charge in [-0.25, -0.2) is 0 Å². The van der Waals surface area contributed by atoms with Gasteiger partial charge in [0.15, 0.2) is 0 Å². The van der Waals surface area contributed by atoms with Crippen molar-refractivity contribution in [3.05, 3.63) is 261 Å². The summed E-state index contributed by atoms with van der Waals surface area (Å²) in [7, 11) is 0. The van der Waals surface area contributed by atoms with Crippen molar-refractivity contribution in [1.82, 2.24) is 13.7 Å². The third kappa shape index (κ3) is 6.35. The Kier molecular flexibility index (Phi) is 9.17. The summed E-state index contributed by atoms with van der Waals surface area (Å²) in [4.78, 5) is 0. The molecule has 0 saturated carbocycles. The molecule has 0 aliphatic rings. The van der Waals surface area contributed by atoms with E-state index in [0.717, 1.165) is 61.7 Å². The molecule has 3 nitrogen and oxygen atoms in total. The second-order valence-electron chi connectivity index (χ2n) is 17.3. The highest BCUT2D eigenvalue weighted by atomic mass is 15.0. The Morgan fingerprint density at radius 1 is 0.194 bits per heavy atom. The molecule has 3 heterocycles. The van der Waals surface area contributed by atoms with E-state index >= 15 is 0 Å². The molecule has 0 spiro atoms. The highest BCUT2D eigenvalue weighted by Gasteiger charge is 2.25. The van der Waals surface area contributed by atoms with Crippen LogP contribution in [0.25, 0.3) is 117 Å². The molecule has 0 aliphatic heterocycles. The first-order chi connectivity index (χ1) is 33.3. The van der Waals surface area contributed by atoms with E-state index in [-0.39, 0.29) is 0 Å². The molecule has 0 radical (unpaired) electrons. The van der Waals surface area contributed by atoms with Crippen molar-refractivity contribution in [3.63, 3.8) is 0 Å². The number of benzene rings is 10. The predicted octanol–water partition coefficient (Wildman–Crippen LogP) is 17.0. The van der Waals surface area contributed by atoms with Gasteiger partial charge in [-0.3, -0.25) is 0 Å². The monoisotopic (exact) mass is 853 g/mol. The van der Waals surface area contributed by atoms with Crippen LogP contribution in [0.4, 0.5) is 0 Å². The van der Waals surface area contributed by atoms with Gasteiger partial charge >= 0.3 is 0 Å². The van der Waals surface area contributed by atoms with Crippen molar-refractivity contribution in [2.45, 2.75) is 0 Å². The van der Waals surface area contributed by atoms with Crippen LogP contribution >= 0.6 is 0 Å². The average Bonchev–Trinajstić information content (AvgIpc) is 4.06. The summed E-state index contributed by atoms with van der Waals surface area (Å²) in [5, 5.41) is 4.92. The normalized spacial score (nSPS) is 11.6. The molecule has 0 amide bonds. The lowest BCUT2D eigenvalue weighted by Gasteiger charge is -2.19. The van der Waals surface area contributed by atoms with Crippen molar-refractivity contribution in [3.8, 4) is 73.0 Å². The highest BCUT2D eigenvalue weighted by molar-refractivity contribution is 6.10. The second kappa shape index (κ2) is 16.0. The van der Waals surface area contributed by atoms with E-state index in [2.05, 4.69) is 275 Å². The first kappa shape index (κ1) is 38.5. The van der Waals surface area contributed by atoms with E-state index in [0.29, 0.717) is 0 Å². The van der Waals surface area contributed by atoms with Gasteiger partial charge in [-0.2, -0.15) is 0 Å². The average molecular weight is 854 g/mol. The van der Waals surface area contributed by atoms with Crippen molar-refractivity contribution in [1.29, 1.82) is 0 Å². The summed E-state index contributed by atoms with van der Waals surface area (Å²) in [6, 6.07) is 95.0. The van der Waals surface area contributed by atoms with Crippen LogP contribution in [-0.4, -0.2) is 13.7 Å². The minimum Gasteiger partial charge on any atom is -0.309 e. The predicted molar refractivity (Wildman–Crippen MR) is 282 cm³/mol. The van der Waals surface area contributed by atoms with Crippen molar-refractivity contribution >= 4 is 43.6 Å². The Morgan fingerprint density at radius 2 is 0.522 bits per heavy atom.